The average molecular weight is 392 g/mol. The smallest absolute Gasteiger partial charge is 0.257 e. The van der Waals surface area contributed by atoms with Crippen LogP contribution in [0.2, 0.25) is 0 Å². The van der Waals surface area contributed by atoms with Crippen LogP contribution in [0.5, 0.6) is 5.75 Å². The fraction of sp³-hybridized carbons (Fsp3) is 0.227. The van der Waals surface area contributed by atoms with Crippen molar-refractivity contribution in [1.82, 2.24) is 10.3 Å². The number of ether oxygens (including phenoxy) is 1. The van der Waals surface area contributed by atoms with E-state index in [-0.39, 0.29) is 18.4 Å². The van der Waals surface area contributed by atoms with Crippen molar-refractivity contribution in [2.75, 3.05) is 23.8 Å². The summed E-state index contributed by atoms with van der Waals surface area (Å²) in [5, 5.41) is 9.68. The zero-order chi connectivity index (χ0) is 20.6. The van der Waals surface area contributed by atoms with E-state index in [1.807, 2.05) is 37.3 Å². The number of rotatable bonds is 8. The highest BCUT2D eigenvalue weighted by molar-refractivity contribution is 6.03. The third-order valence-corrected chi connectivity index (χ3v) is 4.28. The lowest BCUT2D eigenvalue weighted by Gasteiger charge is -2.16. The summed E-state index contributed by atoms with van der Waals surface area (Å²) in [5.41, 5.74) is 2.33. The number of carbonyl (C=O) groups is 2. The number of hydrogen-bond donors (Lipinski definition) is 3. The van der Waals surface area contributed by atoms with E-state index < -0.39 is 6.04 Å². The lowest BCUT2D eigenvalue weighted by Crippen LogP contribution is -2.31. The Labute approximate surface area is 169 Å². The van der Waals surface area contributed by atoms with Crippen LogP contribution in [-0.4, -0.2) is 36.0 Å². The maximum absolute atomic E-state index is 12.6. The number of benzene rings is 2. The van der Waals surface area contributed by atoms with E-state index in [2.05, 4.69) is 20.9 Å². The Bertz CT molecular complexity index is 984. The number of fused-ring (bicyclic) bond motifs is 1. The molecule has 1 unspecified atom stereocenters. The van der Waals surface area contributed by atoms with E-state index in [1.54, 1.807) is 37.4 Å². The first-order valence-electron chi connectivity index (χ1n) is 9.47. The maximum Gasteiger partial charge on any atom is 0.257 e. The highest BCUT2D eigenvalue weighted by atomic mass is 16.5. The molecule has 0 aliphatic heterocycles. The van der Waals surface area contributed by atoms with Gasteiger partial charge in [0, 0.05) is 23.8 Å². The second kappa shape index (κ2) is 9.54. The van der Waals surface area contributed by atoms with Crippen LogP contribution in [-0.2, 0) is 9.59 Å². The van der Waals surface area contributed by atoms with Crippen molar-refractivity contribution < 1.29 is 14.3 Å². The van der Waals surface area contributed by atoms with Crippen molar-refractivity contribution in [2.24, 2.45) is 0 Å². The minimum Gasteiger partial charge on any atom is -0.484 e. The number of amides is 2. The van der Waals surface area contributed by atoms with Gasteiger partial charge in [-0.15, -0.1) is 0 Å². The van der Waals surface area contributed by atoms with Crippen LogP contribution in [0.4, 0.5) is 11.4 Å². The number of nitrogens with one attached hydrogen (secondary N) is 3. The van der Waals surface area contributed by atoms with E-state index in [4.69, 9.17) is 4.74 Å². The number of nitrogens with zero attached hydrogens (tertiary/aromatic N) is 1. The molecular weight excluding hydrogens is 368 g/mol. The minimum absolute atomic E-state index is 0.0285. The molecule has 0 aliphatic carbocycles. The normalized spacial score (nSPS) is 11.5. The third kappa shape index (κ3) is 5.44. The zero-order valence-corrected chi connectivity index (χ0v) is 16.4. The number of hydrogen-bond acceptors (Lipinski definition) is 5. The molecule has 2 aromatic carbocycles. The Kier molecular flexibility index (Phi) is 6.63. The summed E-state index contributed by atoms with van der Waals surface area (Å²) in [6.07, 6.45) is 1.72. The first-order chi connectivity index (χ1) is 14.1. The second-order valence-electron chi connectivity index (χ2n) is 6.50. The summed E-state index contributed by atoms with van der Waals surface area (Å²) >= 11 is 0. The van der Waals surface area contributed by atoms with E-state index in [9.17, 15) is 9.59 Å². The first-order valence-corrected chi connectivity index (χ1v) is 9.47. The molecule has 7 nitrogen and oxygen atoms in total. The van der Waals surface area contributed by atoms with Crippen LogP contribution in [0.25, 0.3) is 10.9 Å². The van der Waals surface area contributed by atoms with Crippen LogP contribution >= 0.6 is 0 Å². The van der Waals surface area contributed by atoms with E-state index in [0.717, 1.165) is 22.3 Å². The maximum atomic E-state index is 12.6. The Balaban J connectivity index is 1.57. The first kappa shape index (κ1) is 20.1. The molecule has 3 rings (SSSR count). The monoisotopic (exact) mass is 392 g/mol. The number of pyridine rings is 1. The SMILES string of the molecule is CCNC(=O)COc1ccc(NC(C)C(=O)Nc2cccc3ncccc23)cc1. The van der Waals surface area contributed by atoms with Crippen LogP contribution in [0.1, 0.15) is 13.8 Å². The van der Waals surface area contributed by atoms with Crippen molar-refractivity contribution in [1.29, 1.82) is 0 Å². The van der Waals surface area contributed by atoms with Crippen LogP contribution in [0.3, 0.4) is 0 Å². The number of anilines is 2. The van der Waals surface area contributed by atoms with Gasteiger partial charge in [-0.1, -0.05) is 6.07 Å². The molecule has 1 heterocycles. The van der Waals surface area contributed by atoms with Gasteiger partial charge in [0.2, 0.25) is 5.91 Å². The molecule has 150 valence electrons. The van der Waals surface area contributed by atoms with Gasteiger partial charge in [-0.3, -0.25) is 14.6 Å². The quantitative estimate of drug-likeness (QED) is 0.548. The van der Waals surface area contributed by atoms with Gasteiger partial charge in [-0.25, -0.2) is 0 Å². The fourth-order valence-electron chi connectivity index (χ4n) is 2.81. The Hall–Kier alpha value is -3.61. The third-order valence-electron chi connectivity index (χ3n) is 4.28. The molecule has 0 saturated heterocycles. The van der Waals surface area contributed by atoms with Gasteiger partial charge in [0.05, 0.1) is 11.2 Å². The van der Waals surface area contributed by atoms with E-state index in [0.29, 0.717) is 12.3 Å². The van der Waals surface area contributed by atoms with Crippen molar-refractivity contribution in [3.05, 3.63) is 60.8 Å². The largest absolute Gasteiger partial charge is 0.484 e. The molecule has 3 N–H and O–H groups in total. The minimum atomic E-state index is -0.455. The molecule has 7 heteroatoms. The van der Waals surface area contributed by atoms with Gasteiger partial charge >= 0.3 is 0 Å². The van der Waals surface area contributed by atoms with Gasteiger partial charge in [-0.05, 0) is 62.4 Å². The molecule has 0 spiro atoms. The highest BCUT2D eigenvalue weighted by Gasteiger charge is 2.14. The molecule has 0 saturated carbocycles. The number of aromatic nitrogens is 1. The molecule has 3 aromatic rings. The summed E-state index contributed by atoms with van der Waals surface area (Å²) in [6, 6.07) is 16.1. The Morgan fingerprint density at radius 2 is 1.86 bits per heavy atom. The molecule has 1 atom stereocenters. The van der Waals surface area contributed by atoms with E-state index in [1.165, 1.54) is 0 Å². The standard InChI is InChI=1S/C22H24N4O3/c1-3-23-21(27)14-29-17-11-9-16(10-12-17)25-15(2)22(28)26-20-8-4-7-19-18(20)6-5-13-24-19/h4-13,15,25H,3,14H2,1-2H3,(H,23,27)(H,26,28). The Morgan fingerprint density at radius 1 is 1.07 bits per heavy atom. The number of likely N-dealkylation sites (N-methyl/N-ethyl adjacent to an activating group) is 1. The Morgan fingerprint density at radius 3 is 2.62 bits per heavy atom. The van der Waals surface area contributed by atoms with Gasteiger partial charge in [0.25, 0.3) is 5.91 Å². The predicted molar refractivity (Wildman–Crippen MR) is 114 cm³/mol. The lowest BCUT2D eigenvalue weighted by atomic mass is 10.1. The van der Waals surface area contributed by atoms with Crippen molar-refractivity contribution in [3.63, 3.8) is 0 Å². The topological polar surface area (TPSA) is 92.4 Å². The summed E-state index contributed by atoms with van der Waals surface area (Å²) in [6.45, 7) is 4.19. The average Bonchev–Trinajstić information content (AvgIpc) is 2.73. The van der Waals surface area contributed by atoms with Crippen LogP contribution in [0.15, 0.2) is 60.8 Å². The lowest BCUT2D eigenvalue weighted by molar-refractivity contribution is -0.123. The molecule has 0 aliphatic rings. The van der Waals surface area contributed by atoms with Gasteiger partial charge in [-0.2, -0.15) is 0 Å². The molecule has 2 amide bonds. The summed E-state index contributed by atoms with van der Waals surface area (Å²) in [5.74, 6) is 0.267. The van der Waals surface area contributed by atoms with Gasteiger partial charge in [0.1, 0.15) is 11.8 Å². The van der Waals surface area contributed by atoms with Crippen LogP contribution < -0.4 is 20.7 Å². The number of carbonyl (C=O) groups excluding carboxylic acids is 2. The van der Waals surface area contributed by atoms with Crippen LogP contribution in [0, 0.1) is 0 Å². The van der Waals surface area contributed by atoms with Gasteiger partial charge < -0.3 is 20.7 Å². The zero-order valence-electron chi connectivity index (χ0n) is 16.4. The summed E-state index contributed by atoms with van der Waals surface area (Å²) in [7, 11) is 0. The molecule has 0 fully saturated rings. The van der Waals surface area contributed by atoms with Crippen molar-refractivity contribution >= 4 is 34.1 Å². The highest BCUT2D eigenvalue weighted by Crippen LogP contribution is 2.22. The molecule has 1 aromatic heterocycles. The molecule has 0 radical (unpaired) electrons. The van der Waals surface area contributed by atoms with Crippen molar-refractivity contribution in [2.45, 2.75) is 19.9 Å². The molecule has 29 heavy (non-hydrogen) atoms. The predicted octanol–water partition coefficient (Wildman–Crippen LogP) is 3.19. The fourth-order valence-corrected chi connectivity index (χ4v) is 2.81. The molecule has 0 bridgehead atoms. The summed E-state index contributed by atoms with van der Waals surface area (Å²) < 4.78 is 5.42. The second-order valence-corrected chi connectivity index (χ2v) is 6.50. The van der Waals surface area contributed by atoms with Crippen molar-refractivity contribution in [3.8, 4) is 5.75 Å². The summed E-state index contributed by atoms with van der Waals surface area (Å²) in [4.78, 5) is 28.3. The van der Waals surface area contributed by atoms with E-state index >= 15 is 0 Å². The van der Waals surface area contributed by atoms with Gasteiger partial charge in [0.15, 0.2) is 6.61 Å². The molecular formula is C22H24N4O3.